The Morgan fingerprint density at radius 3 is 2.75 bits per heavy atom. The first-order valence-corrected chi connectivity index (χ1v) is 8.89. The molecule has 1 unspecified atom stereocenters. The van der Waals surface area contributed by atoms with Gasteiger partial charge in [0, 0.05) is 31.6 Å². The molecule has 0 spiro atoms. The fraction of sp³-hybridized carbons (Fsp3) is 0.824. The van der Waals surface area contributed by atoms with Gasteiger partial charge in [0.05, 0.1) is 6.54 Å². The molecular weight excluding hydrogens is 308 g/mol. The number of piperidine rings is 1. The fourth-order valence-electron chi connectivity index (χ4n) is 3.33. The predicted octanol–water partition coefficient (Wildman–Crippen LogP) is 0.945. The number of carbonyl (C=O) groups excluding carboxylic acids is 3. The van der Waals surface area contributed by atoms with Crippen LogP contribution in [0.3, 0.4) is 0 Å². The van der Waals surface area contributed by atoms with Gasteiger partial charge in [-0.25, -0.2) is 4.79 Å². The Balaban J connectivity index is 1.68. The molecule has 2 aliphatic heterocycles. The van der Waals surface area contributed by atoms with Gasteiger partial charge in [0.2, 0.25) is 11.8 Å². The number of urea groups is 1. The van der Waals surface area contributed by atoms with E-state index in [1.165, 1.54) is 17.7 Å². The van der Waals surface area contributed by atoms with Gasteiger partial charge in [0.1, 0.15) is 0 Å². The lowest BCUT2D eigenvalue weighted by Gasteiger charge is -2.43. The highest BCUT2D eigenvalue weighted by atomic mass is 16.2. The zero-order valence-corrected chi connectivity index (χ0v) is 15.1. The van der Waals surface area contributed by atoms with E-state index in [0.29, 0.717) is 31.8 Å². The highest BCUT2D eigenvalue weighted by molar-refractivity contribution is 6.01. The van der Waals surface area contributed by atoms with Crippen molar-refractivity contribution >= 4 is 17.8 Å². The van der Waals surface area contributed by atoms with Crippen LogP contribution in [0.5, 0.6) is 0 Å². The largest absolute Gasteiger partial charge is 0.354 e. The van der Waals surface area contributed by atoms with E-state index in [2.05, 4.69) is 36.3 Å². The molecule has 0 aliphatic carbocycles. The third-order valence-electron chi connectivity index (χ3n) is 4.95. The summed E-state index contributed by atoms with van der Waals surface area (Å²) in [6, 6.07) is -0.360. The smallest absolute Gasteiger partial charge is 0.324 e. The first-order valence-electron chi connectivity index (χ1n) is 8.89. The molecule has 0 aromatic rings. The second kappa shape index (κ2) is 7.96. The van der Waals surface area contributed by atoms with Crippen molar-refractivity contribution < 1.29 is 14.4 Å². The molecule has 0 aromatic heterocycles. The van der Waals surface area contributed by atoms with Crippen molar-refractivity contribution in [2.75, 3.05) is 32.7 Å². The number of imide groups is 1. The summed E-state index contributed by atoms with van der Waals surface area (Å²) in [7, 11) is 0. The molecule has 0 saturated carbocycles. The molecule has 0 aromatic carbocycles. The minimum Gasteiger partial charge on any atom is -0.354 e. The van der Waals surface area contributed by atoms with Gasteiger partial charge in [-0.15, -0.1) is 0 Å². The number of hydrogen-bond acceptors (Lipinski definition) is 4. The van der Waals surface area contributed by atoms with Crippen molar-refractivity contribution in [3.63, 3.8) is 0 Å². The van der Waals surface area contributed by atoms with Crippen LogP contribution in [0.15, 0.2) is 0 Å². The van der Waals surface area contributed by atoms with Gasteiger partial charge in [-0.05, 0) is 45.6 Å². The molecule has 2 heterocycles. The zero-order valence-electron chi connectivity index (χ0n) is 15.1. The predicted molar refractivity (Wildman–Crippen MR) is 91.4 cm³/mol. The Labute approximate surface area is 144 Å². The van der Waals surface area contributed by atoms with Gasteiger partial charge < -0.3 is 10.6 Å². The summed E-state index contributed by atoms with van der Waals surface area (Å²) in [5, 5.41) is 5.47. The van der Waals surface area contributed by atoms with Crippen LogP contribution < -0.4 is 10.6 Å². The molecule has 136 valence electrons. The quantitative estimate of drug-likeness (QED) is 0.677. The average Bonchev–Trinajstić information content (AvgIpc) is 2.85. The lowest BCUT2D eigenvalue weighted by atomic mass is 9.93. The lowest BCUT2D eigenvalue weighted by molar-refractivity contribution is -0.126. The van der Waals surface area contributed by atoms with Crippen LogP contribution in [-0.4, -0.2) is 65.9 Å². The number of carbonyl (C=O) groups is 3. The van der Waals surface area contributed by atoms with Crippen LogP contribution in [0.2, 0.25) is 0 Å². The summed E-state index contributed by atoms with van der Waals surface area (Å²) in [5.74, 6) is 0.457. The Morgan fingerprint density at radius 1 is 1.38 bits per heavy atom. The van der Waals surface area contributed by atoms with Crippen molar-refractivity contribution in [1.82, 2.24) is 20.4 Å². The summed E-state index contributed by atoms with van der Waals surface area (Å²) in [4.78, 5) is 38.5. The molecule has 2 rings (SSSR count). The Hall–Kier alpha value is -1.63. The normalized spacial score (nSPS) is 22.6. The molecule has 24 heavy (non-hydrogen) atoms. The van der Waals surface area contributed by atoms with E-state index in [9.17, 15) is 14.4 Å². The number of likely N-dealkylation sites (tertiary alicyclic amines) is 1. The minimum absolute atomic E-state index is 0.0276. The molecule has 4 amide bonds. The molecule has 1 atom stereocenters. The second-order valence-corrected chi connectivity index (χ2v) is 7.59. The number of nitrogens with one attached hydrogen (secondary N) is 2. The minimum atomic E-state index is -0.360. The topological polar surface area (TPSA) is 81.8 Å². The average molecular weight is 338 g/mol. The van der Waals surface area contributed by atoms with Crippen LogP contribution in [0.1, 0.15) is 46.5 Å². The third kappa shape index (κ3) is 4.93. The van der Waals surface area contributed by atoms with E-state index in [4.69, 9.17) is 0 Å². The Bertz CT molecular complexity index is 476. The number of amides is 4. The van der Waals surface area contributed by atoms with Gasteiger partial charge >= 0.3 is 6.03 Å². The van der Waals surface area contributed by atoms with Crippen molar-refractivity contribution in [3.05, 3.63) is 0 Å². The summed E-state index contributed by atoms with van der Waals surface area (Å²) in [6.07, 6.45) is 3.31. The number of nitrogens with zero attached hydrogens (tertiary/aromatic N) is 2. The van der Waals surface area contributed by atoms with Gasteiger partial charge in [0.15, 0.2) is 0 Å². The Morgan fingerprint density at radius 2 is 2.12 bits per heavy atom. The van der Waals surface area contributed by atoms with Gasteiger partial charge in [-0.3, -0.25) is 19.4 Å². The molecule has 2 saturated heterocycles. The highest BCUT2D eigenvalue weighted by Crippen LogP contribution is 2.23. The first-order chi connectivity index (χ1) is 11.3. The van der Waals surface area contributed by atoms with Crippen molar-refractivity contribution in [1.29, 1.82) is 0 Å². The molecule has 7 heteroatoms. The van der Waals surface area contributed by atoms with Crippen LogP contribution in [-0.2, 0) is 9.59 Å². The third-order valence-corrected chi connectivity index (χ3v) is 4.95. The SMILES string of the molecule is CC1CCCN(C(C)(C)CNC(=O)CCCN2C(=O)CNC2=O)C1. The second-order valence-electron chi connectivity index (χ2n) is 7.59. The maximum absolute atomic E-state index is 12.0. The molecular formula is C17H30N4O3. The fourth-order valence-corrected chi connectivity index (χ4v) is 3.33. The summed E-state index contributed by atoms with van der Waals surface area (Å²) in [6.45, 7) is 9.74. The summed E-state index contributed by atoms with van der Waals surface area (Å²) < 4.78 is 0. The molecule has 7 nitrogen and oxygen atoms in total. The maximum Gasteiger partial charge on any atom is 0.324 e. The zero-order chi connectivity index (χ0) is 17.7. The van der Waals surface area contributed by atoms with Crippen LogP contribution in [0.25, 0.3) is 0 Å². The molecule has 0 radical (unpaired) electrons. The van der Waals surface area contributed by atoms with E-state index < -0.39 is 0 Å². The van der Waals surface area contributed by atoms with Crippen LogP contribution in [0, 0.1) is 5.92 Å². The van der Waals surface area contributed by atoms with E-state index >= 15 is 0 Å². The van der Waals surface area contributed by atoms with Crippen LogP contribution in [0.4, 0.5) is 4.79 Å². The standard InChI is InChI=1S/C17H30N4O3/c1-13-6-4-8-20(11-13)17(2,3)12-19-14(22)7-5-9-21-15(23)10-18-16(21)24/h13H,4-12H2,1-3H3,(H,18,24)(H,19,22). The van der Waals surface area contributed by atoms with Crippen molar-refractivity contribution in [3.8, 4) is 0 Å². The highest BCUT2D eigenvalue weighted by Gasteiger charge is 2.31. The monoisotopic (exact) mass is 338 g/mol. The van der Waals surface area contributed by atoms with E-state index in [1.54, 1.807) is 0 Å². The first kappa shape index (κ1) is 18.7. The number of rotatable bonds is 7. The Kier molecular flexibility index (Phi) is 6.21. The summed E-state index contributed by atoms with van der Waals surface area (Å²) in [5.41, 5.74) is -0.0604. The van der Waals surface area contributed by atoms with Gasteiger partial charge in [-0.1, -0.05) is 6.92 Å². The van der Waals surface area contributed by atoms with Crippen molar-refractivity contribution in [2.24, 2.45) is 5.92 Å². The molecule has 2 aliphatic rings. The maximum atomic E-state index is 12.0. The van der Waals surface area contributed by atoms with E-state index in [1.807, 2.05) is 0 Å². The van der Waals surface area contributed by atoms with Gasteiger partial charge in [0.25, 0.3) is 0 Å². The molecule has 0 bridgehead atoms. The molecule has 2 fully saturated rings. The van der Waals surface area contributed by atoms with Crippen molar-refractivity contribution in [2.45, 2.75) is 52.0 Å². The van der Waals surface area contributed by atoms with E-state index in [0.717, 1.165) is 13.1 Å². The van der Waals surface area contributed by atoms with E-state index in [-0.39, 0.29) is 29.9 Å². The molecule has 2 N–H and O–H groups in total. The van der Waals surface area contributed by atoms with Gasteiger partial charge in [-0.2, -0.15) is 0 Å². The van der Waals surface area contributed by atoms with Crippen LogP contribution >= 0.6 is 0 Å². The number of hydrogen-bond donors (Lipinski definition) is 2. The summed E-state index contributed by atoms with van der Waals surface area (Å²) >= 11 is 0. The lowest BCUT2D eigenvalue weighted by Crippen LogP contribution is -2.54.